The molecule has 0 aliphatic carbocycles. The monoisotopic (exact) mass is 599 g/mol. The van der Waals surface area contributed by atoms with Crippen molar-refractivity contribution in [2.24, 2.45) is 5.73 Å². The van der Waals surface area contributed by atoms with Crippen LogP contribution in [0.25, 0.3) is 0 Å². The molecule has 3 N–H and O–H groups in total. The number of hydrogen-bond donors (Lipinski definition) is 3. The third-order valence-corrected chi connectivity index (χ3v) is 11.1. The van der Waals surface area contributed by atoms with Crippen LogP contribution in [0, 0.1) is 0 Å². The number of benzene rings is 3. The van der Waals surface area contributed by atoms with E-state index in [2.05, 4.69) is 109 Å². The molecule has 0 spiro atoms. The molecular formula is C31H40N2O6PS+. The Bertz CT molecular complexity index is 1060. The van der Waals surface area contributed by atoms with Gasteiger partial charge in [-0.15, -0.1) is 0 Å². The van der Waals surface area contributed by atoms with Crippen LogP contribution < -0.4 is 27.0 Å². The summed E-state index contributed by atoms with van der Waals surface area (Å²) >= 11 is 3.94. The number of thiol groups is 1. The Hall–Kier alpha value is -2.78. The van der Waals surface area contributed by atoms with Crippen molar-refractivity contribution in [3.8, 4) is 0 Å². The highest BCUT2D eigenvalue weighted by atomic mass is 32.1. The smallest absolute Gasteiger partial charge is 0.325 e. The predicted molar refractivity (Wildman–Crippen MR) is 168 cm³/mol. The molecular weight excluding hydrogens is 559 g/mol. The first kappa shape index (κ1) is 32.7. The van der Waals surface area contributed by atoms with Gasteiger partial charge in [0.2, 0.25) is 5.91 Å². The van der Waals surface area contributed by atoms with E-state index in [0.29, 0.717) is 33.0 Å². The molecule has 0 saturated carbocycles. The van der Waals surface area contributed by atoms with Crippen molar-refractivity contribution in [2.45, 2.75) is 6.04 Å². The van der Waals surface area contributed by atoms with Gasteiger partial charge in [-0.2, -0.15) is 12.6 Å². The molecule has 10 heteroatoms. The van der Waals surface area contributed by atoms with E-state index in [1.807, 2.05) is 0 Å². The Balaban J connectivity index is 1.36. The first-order valence-electron chi connectivity index (χ1n) is 13.7. The van der Waals surface area contributed by atoms with Crippen LogP contribution >= 0.6 is 19.9 Å². The molecule has 0 heterocycles. The summed E-state index contributed by atoms with van der Waals surface area (Å²) in [4.78, 5) is 23.2. The lowest BCUT2D eigenvalue weighted by Gasteiger charge is -2.27. The maximum atomic E-state index is 11.6. The molecule has 0 fully saturated rings. The fourth-order valence-corrected chi connectivity index (χ4v) is 8.55. The zero-order valence-corrected chi connectivity index (χ0v) is 25.0. The molecule has 0 aliphatic rings. The Morgan fingerprint density at radius 3 is 1.54 bits per heavy atom. The molecule has 0 aliphatic heterocycles. The van der Waals surface area contributed by atoms with Gasteiger partial charge in [-0.3, -0.25) is 9.59 Å². The number of rotatable bonds is 19. The van der Waals surface area contributed by atoms with Crippen molar-refractivity contribution in [3.05, 3.63) is 91.0 Å². The average molecular weight is 600 g/mol. The van der Waals surface area contributed by atoms with Gasteiger partial charge in [-0.25, -0.2) is 0 Å². The molecule has 8 nitrogen and oxygen atoms in total. The number of carbonyl (C=O) groups is 2. The average Bonchev–Trinajstić information content (AvgIpc) is 3.03. The molecule has 1 amide bonds. The van der Waals surface area contributed by atoms with Crippen LogP contribution in [0.3, 0.4) is 0 Å². The quantitative estimate of drug-likeness (QED) is 0.0837. The molecule has 220 valence electrons. The molecule has 3 aromatic rings. The lowest BCUT2D eigenvalue weighted by molar-refractivity contribution is -0.145. The van der Waals surface area contributed by atoms with E-state index in [1.165, 1.54) is 15.9 Å². The second-order valence-electron chi connectivity index (χ2n) is 9.10. The molecule has 0 unspecified atom stereocenters. The van der Waals surface area contributed by atoms with Crippen LogP contribution in [-0.4, -0.2) is 82.6 Å². The van der Waals surface area contributed by atoms with Crippen molar-refractivity contribution in [2.75, 3.05) is 64.7 Å². The number of carbonyl (C=O) groups excluding carboxylic acids is 2. The van der Waals surface area contributed by atoms with Gasteiger partial charge in [-0.1, -0.05) is 54.6 Å². The number of esters is 1. The molecule has 0 aromatic heterocycles. The zero-order chi connectivity index (χ0) is 29.2. The van der Waals surface area contributed by atoms with Crippen molar-refractivity contribution < 1.29 is 28.5 Å². The summed E-state index contributed by atoms with van der Waals surface area (Å²) < 4.78 is 22.1. The van der Waals surface area contributed by atoms with Gasteiger partial charge in [0.1, 0.15) is 36.3 Å². The fraction of sp³-hybridized carbons (Fsp3) is 0.355. The van der Waals surface area contributed by atoms with E-state index in [1.54, 1.807) is 0 Å². The van der Waals surface area contributed by atoms with E-state index in [9.17, 15) is 9.59 Å². The van der Waals surface area contributed by atoms with E-state index in [-0.39, 0.29) is 25.5 Å². The summed E-state index contributed by atoms with van der Waals surface area (Å²) in [5.41, 5.74) is 5.52. The number of nitrogens with two attached hydrogens (primary N) is 1. The Morgan fingerprint density at radius 2 is 1.10 bits per heavy atom. The summed E-state index contributed by atoms with van der Waals surface area (Å²) in [7, 11) is -1.90. The maximum absolute atomic E-state index is 11.6. The Morgan fingerprint density at radius 1 is 0.683 bits per heavy atom. The number of ether oxygens (including phenoxy) is 4. The third kappa shape index (κ3) is 10.5. The standard InChI is InChI=1S/C31H39N2O6PS/c32-29(25-41)31(35)33-24-30(34)39-21-20-37-17-16-36-18-19-38-22-23-40(26-10-4-1-5-11-26,27-12-6-2-7-13-27)28-14-8-3-9-15-28/h1-15,29H,16-25,32H2,(H-,33,35,41)/p+1/t29-/m0/s1. The maximum Gasteiger partial charge on any atom is 0.325 e. The van der Waals surface area contributed by atoms with Crippen molar-refractivity contribution in [3.63, 3.8) is 0 Å². The van der Waals surface area contributed by atoms with Gasteiger partial charge in [-0.05, 0) is 36.4 Å². The first-order valence-corrected chi connectivity index (χ1v) is 16.3. The molecule has 0 saturated heterocycles. The van der Waals surface area contributed by atoms with E-state index >= 15 is 0 Å². The minimum atomic E-state index is -1.90. The Labute approximate surface area is 248 Å². The van der Waals surface area contributed by atoms with Gasteiger partial charge in [0.15, 0.2) is 0 Å². The van der Waals surface area contributed by atoms with Crippen molar-refractivity contribution >= 4 is 47.7 Å². The summed E-state index contributed by atoms with van der Waals surface area (Å²) in [5, 5.41) is 6.40. The molecule has 41 heavy (non-hydrogen) atoms. The van der Waals surface area contributed by atoms with Crippen molar-refractivity contribution in [1.82, 2.24) is 5.32 Å². The minimum Gasteiger partial charge on any atom is -0.462 e. The lowest BCUT2D eigenvalue weighted by Crippen LogP contribution is -2.44. The molecule has 0 radical (unpaired) electrons. The van der Waals surface area contributed by atoms with E-state index < -0.39 is 25.2 Å². The molecule has 0 bridgehead atoms. The normalized spacial score (nSPS) is 12.0. The minimum absolute atomic E-state index is 0.0888. The van der Waals surface area contributed by atoms with Crippen LogP contribution in [0.1, 0.15) is 0 Å². The van der Waals surface area contributed by atoms with Crippen LogP contribution in [-0.2, 0) is 28.5 Å². The zero-order valence-electron chi connectivity index (χ0n) is 23.2. The predicted octanol–water partition coefficient (Wildman–Crippen LogP) is 1.95. The van der Waals surface area contributed by atoms with Gasteiger partial charge < -0.3 is 30.0 Å². The first-order chi connectivity index (χ1) is 20.1. The molecule has 1 atom stereocenters. The summed E-state index contributed by atoms with van der Waals surface area (Å²) in [5.74, 6) is -0.805. The Kier molecular flexibility index (Phi) is 14.9. The highest BCUT2D eigenvalue weighted by Crippen LogP contribution is 2.54. The third-order valence-electron chi connectivity index (χ3n) is 6.34. The highest BCUT2D eigenvalue weighted by molar-refractivity contribution is 7.95. The number of amides is 1. The number of nitrogens with one attached hydrogen (secondary N) is 1. The molecule has 3 aromatic carbocycles. The summed E-state index contributed by atoms with van der Waals surface area (Å²) in [6.07, 6.45) is 0.887. The fourth-order valence-electron chi connectivity index (χ4n) is 4.26. The summed E-state index contributed by atoms with van der Waals surface area (Å²) in [6.45, 7) is 2.41. The van der Waals surface area contributed by atoms with Crippen LogP contribution in [0.2, 0.25) is 0 Å². The second-order valence-corrected chi connectivity index (χ2v) is 13.1. The van der Waals surface area contributed by atoms with E-state index in [4.69, 9.17) is 24.7 Å². The highest BCUT2D eigenvalue weighted by Gasteiger charge is 2.44. The van der Waals surface area contributed by atoms with Gasteiger partial charge in [0, 0.05) is 5.75 Å². The largest absolute Gasteiger partial charge is 0.462 e. The topological polar surface area (TPSA) is 109 Å². The number of hydrogen-bond acceptors (Lipinski definition) is 8. The second kappa shape index (κ2) is 18.6. The lowest BCUT2D eigenvalue weighted by atomic mass is 10.3. The van der Waals surface area contributed by atoms with Crippen LogP contribution in [0.5, 0.6) is 0 Å². The van der Waals surface area contributed by atoms with Gasteiger partial charge in [0.05, 0.1) is 51.8 Å². The SMILES string of the molecule is N[C@@H](CS)C(=O)NCC(=O)OCCOCCOCCOCC[P+](c1ccccc1)(c1ccccc1)c1ccccc1. The van der Waals surface area contributed by atoms with Crippen LogP contribution in [0.4, 0.5) is 0 Å². The van der Waals surface area contributed by atoms with Gasteiger partial charge in [0.25, 0.3) is 0 Å². The molecule has 3 rings (SSSR count). The van der Waals surface area contributed by atoms with Gasteiger partial charge >= 0.3 is 5.97 Å². The summed E-state index contributed by atoms with van der Waals surface area (Å²) in [6, 6.07) is 31.5. The van der Waals surface area contributed by atoms with E-state index in [0.717, 1.165) is 6.16 Å². The van der Waals surface area contributed by atoms with Crippen molar-refractivity contribution in [1.29, 1.82) is 0 Å². The van der Waals surface area contributed by atoms with Crippen LogP contribution in [0.15, 0.2) is 91.0 Å².